The largest absolute Gasteiger partial charge is 0.311 e. The Morgan fingerprint density at radius 1 is 1.50 bits per heavy atom. The Morgan fingerprint density at radius 3 is 2.92 bits per heavy atom. The van der Waals surface area contributed by atoms with Crippen LogP contribution in [0.3, 0.4) is 0 Å². The minimum atomic E-state index is -0.606. The number of hydrogen-bond acceptors (Lipinski definition) is 1. The molecule has 12 heavy (non-hydrogen) atoms. The minimum absolute atomic E-state index is 0.158. The maximum atomic E-state index is 13.4. The van der Waals surface area contributed by atoms with Crippen LogP contribution in [0.2, 0.25) is 0 Å². The maximum Gasteiger partial charge on any atom is 0.115 e. The van der Waals surface area contributed by atoms with Crippen LogP contribution in [-0.2, 0) is 0 Å². The minimum Gasteiger partial charge on any atom is -0.311 e. The average molecular weight is 173 g/mol. The molecule has 0 aromatic heterocycles. The summed E-state index contributed by atoms with van der Waals surface area (Å²) in [5.41, 5.74) is 0. The molecule has 0 aliphatic carbocycles. The van der Waals surface area contributed by atoms with Crippen molar-refractivity contribution >= 4 is 0 Å². The Hall–Kier alpha value is -0.110. The molecular weight excluding hydrogens is 153 g/mol. The highest BCUT2D eigenvalue weighted by Gasteiger charge is 2.21. The molecule has 1 saturated heterocycles. The summed E-state index contributed by atoms with van der Waals surface area (Å²) < 4.78 is 13.4. The van der Waals surface area contributed by atoms with E-state index >= 15 is 0 Å². The summed E-state index contributed by atoms with van der Waals surface area (Å²) >= 11 is 0. The van der Waals surface area contributed by atoms with Crippen LogP contribution in [0.25, 0.3) is 0 Å². The Morgan fingerprint density at radius 2 is 2.33 bits per heavy atom. The van der Waals surface area contributed by atoms with Crippen molar-refractivity contribution in [3.05, 3.63) is 0 Å². The SMILES string of the molecule is CCCCC(F)C1CCCCN1. The van der Waals surface area contributed by atoms with Crippen LogP contribution in [0.1, 0.15) is 45.4 Å². The molecule has 1 nitrogen and oxygen atoms in total. The molecule has 0 amide bonds. The fourth-order valence-electron chi connectivity index (χ4n) is 1.79. The van der Waals surface area contributed by atoms with Crippen LogP contribution in [0.15, 0.2) is 0 Å². The van der Waals surface area contributed by atoms with E-state index in [1.54, 1.807) is 0 Å². The van der Waals surface area contributed by atoms with Gasteiger partial charge in [-0.25, -0.2) is 4.39 Å². The van der Waals surface area contributed by atoms with Gasteiger partial charge in [-0.3, -0.25) is 0 Å². The van der Waals surface area contributed by atoms with Gasteiger partial charge in [-0.2, -0.15) is 0 Å². The molecule has 2 atom stereocenters. The van der Waals surface area contributed by atoms with Gasteiger partial charge < -0.3 is 5.32 Å². The van der Waals surface area contributed by atoms with E-state index in [-0.39, 0.29) is 6.04 Å². The van der Waals surface area contributed by atoms with Crippen LogP contribution in [0.4, 0.5) is 4.39 Å². The molecule has 0 aromatic rings. The summed E-state index contributed by atoms with van der Waals surface area (Å²) in [5, 5.41) is 3.25. The van der Waals surface area contributed by atoms with Crippen molar-refractivity contribution in [1.29, 1.82) is 0 Å². The van der Waals surface area contributed by atoms with Crippen molar-refractivity contribution < 1.29 is 4.39 Å². The summed E-state index contributed by atoms with van der Waals surface area (Å²) in [6, 6.07) is 0.158. The van der Waals surface area contributed by atoms with Gasteiger partial charge in [0.15, 0.2) is 0 Å². The number of unbranched alkanes of at least 4 members (excludes halogenated alkanes) is 1. The van der Waals surface area contributed by atoms with E-state index < -0.39 is 6.17 Å². The predicted molar refractivity (Wildman–Crippen MR) is 50.1 cm³/mol. The van der Waals surface area contributed by atoms with Crippen molar-refractivity contribution in [3.8, 4) is 0 Å². The van der Waals surface area contributed by atoms with Crippen LogP contribution >= 0.6 is 0 Å². The van der Waals surface area contributed by atoms with Crippen molar-refractivity contribution in [3.63, 3.8) is 0 Å². The van der Waals surface area contributed by atoms with E-state index in [0.717, 1.165) is 32.2 Å². The Labute approximate surface area is 74.7 Å². The first-order valence-electron chi connectivity index (χ1n) is 5.22. The first-order valence-corrected chi connectivity index (χ1v) is 5.22. The zero-order valence-electron chi connectivity index (χ0n) is 7.98. The average Bonchev–Trinajstić information content (AvgIpc) is 2.15. The summed E-state index contributed by atoms with van der Waals surface area (Å²) in [6.45, 7) is 3.12. The van der Waals surface area contributed by atoms with Gasteiger partial charge in [0.05, 0.1) is 0 Å². The van der Waals surface area contributed by atoms with Crippen LogP contribution < -0.4 is 5.32 Å². The van der Waals surface area contributed by atoms with E-state index in [2.05, 4.69) is 12.2 Å². The molecule has 0 bridgehead atoms. The zero-order chi connectivity index (χ0) is 8.81. The zero-order valence-corrected chi connectivity index (χ0v) is 7.98. The second-order valence-corrected chi connectivity index (χ2v) is 3.71. The molecule has 1 heterocycles. The molecule has 1 aliphatic rings. The van der Waals surface area contributed by atoms with E-state index in [1.165, 1.54) is 12.8 Å². The summed E-state index contributed by atoms with van der Waals surface area (Å²) in [7, 11) is 0. The van der Waals surface area contributed by atoms with Gasteiger partial charge in [-0.05, 0) is 25.8 Å². The third-order valence-electron chi connectivity index (χ3n) is 2.62. The molecule has 2 unspecified atom stereocenters. The maximum absolute atomic E-state index is 13.4. The third kappa shape index (κ3) is 3.10. The molecule has 0 aromatic carbocycles. The monoisotopic (exact) mass is 173 g/mol. The van der Waals surface area contributed by atoms with Crippen LogP contribution in [-0.4, -0.2) is 18.8 Å². The highest BCUT2D eigenvalue weighted by Crippen LogP contribution is 2.16. The molecule has 0 radical (unpaired) electrons. The normalized spacial score (nSPS) is 27.0. The third-order valence-corrected chi connectivity index (χ3v) is 2.62. The Balaban J connectivity index is 2.15. The van der Waals surface area contributed by atoms with Crippen molar-refractivity contribution in [2.24, 2.45) is 0 Å². The molecule has 1 fully saturated rings. The van der Waals surface area contributed by atoms with Gasteiger partial charge in [0.1, 0.15) is 6.17 Å². The quantitative estimate of drug-likeness (QED) is 0.689. The number of nitrogens with one attached hydrogen (secondary N) is 1. The van der Waals surface area contributed by atoms with Crippen molar-refractivity contribution in [1.82, 2.24) is 5.32 Å². The number of alkyl halides is 1. The standard InChI is InChI=1S/C10H20FN/c1-2-3-6-9(11)10-7-4-5-8-12-10/h9-10,12H,2-8H2,1H3. The number of piperidine rings is 1. The highest BCUT2D eigenvalue weighted by atomic mass is 19.1. The second kappa shape index (κ2) is 5.52. The Bertz CT molecular complexity index is 110. The lowest BCUT2D eigenvalue weighted by Gasteiger charge is -2.26. The van der Waals surface area contributed by atoms with E-state index in [0.29, 0.717) is 0 Å². The second-order valence-electron chi connectivity index (χ2n) is 3.71. The molecule has 1 aliphatic heterocycles. The van der Waals surface area contributed by atoms with E-state index in [4.69, 9.17) is 0 Å². The lowest BCUT2D eigenvalue weighted by Crippen LogP contribution is -2.41. The van der Waals surface area contributed by atoms with E-state index in [1.807, 2.05) is 0 Å². The van der Waals surface area contributed by atoms with E-state index in [9.17, 15) is 4.39 Å². The molecule has 0 spiro atoms. The van der Waals surface area contributed by atoms with Gasteiger partial charge in [0.2, 0.25) is 0 Å². The molecule has 0 saturated carbocycles. The van der Waals surface area contributed by atoms with Gasteiger partial charge >= 0.3 is 0 Å². The number of halogens is 1. The number of rotatable bonds is 4. The smallest absolute Gasteiger partial charge is 0.115 e. The fraction of sp³-hybridized carbons (Fsp3) is 1.00. The molecule has 1 rings (SSSR count). The lowest BCUT2D eigenvalue weighted by atomic mass is 9.98. The predicted octanol–water partition coefficient (Wildman–Crippen LogP) is 2.66. The van der Waals surface area contributed by atoms with Gasteiger partial charge in [-0.15, -0.1) is 0 Å². The van der Waals surface area contributed by atoms with Crippen molar-refractivity contribution in [2.75, 3.05) is 6.54 Å². The molecule has 2 heteroatoms. The van der Waals surface area contributed by atoms with Gasteiger partial charge in [0, 0.05) is 6.04 Å². The summed E-state index contributed by atoms with van der Waals surface area (Å²) in [6.07, 6.45) is 5.72. The van der Waals surface area contributed by atoms with Gasteiger partial charge in [0.25, 0.3) is 0 Å². The highest BCUT2D eigenvalue weighted by molar-refractivity contribution is 4.79. The molecule has 1 N–H and O–H groups in total. The summed E-state index contributed by atoms with van der Waals surface area (Å²) in [4.78, 5) is 0. The molecule has 72 valence electrons. The first kappa shape index (κ1) is 9.97. The van der Waals surface area contributed by atoms with Crippen LogP contribution in [0, 0.1) is 0 Å². The lowest BCUT2D eigenvalue weighted by molar-refractivity contribution is 0.203. The topological polar surface area (TPSA) is 12.0 Å². The van der Waals surface area contributed by atoms with Crippen molar-refractivity contribution in [2.45, 2.75) is 57.7 Å². The number of hydrogen-bond donors (Lipinski definition) is 1. The summed E-state index contributed by atoms with van der Waals surface area (Å²) in [5.74, 6) is 0. The fourth-order valence-corrected chi connectivity index (χ4v) is 1.79. The Kier molecular flexibility index (Phi) is 4.59. The first-order chi connectivity index (χ1) is 5.84. The van der Waals surface area contributed by atoms with Crippen LogP contribution in [0.5, 0.6) is 0 Å². The molecular formula is C10H20FN. The van der Waals surface area contributed by atoms with Gasteiger partial charge in [-0.1, -0.05) is 26.2 Å².